The number of ketones is 1. The molecule has 6 heteroatoms. The number of allylic oxidation sites excluding steroid dienone is 1. The highest BCUT2D eigenvalue weighted by Crippen LogP contribution is 2.52. The van der Waals surface area contributed by atoms with Crippen molar-refractivity contribution in [3.63, 3.8) is 0 Å². The van der Waals surface area contributed by atoms with Crippen LogP contribution in [0.1, 0.15) is 15.9 Å². The van der Waals surface area contributed by atoms with Gasteiger partial charge in [-0.15, -0.1) is 0 Å². The number of hydrogen-bond acceptors (Lipinski definition) is 6. The molecule has 0 saturated carbocycles. The number of benzene rings is 2. The second-order valence-corrected chi connectivity index (χ2v) is 4.96. The number of aromatic hydroxyl groups is 1. The first-order valence-electron chi connectivity index (χ1n) is 7.45. The fourth-order valence-electron chi connectivity index (χ4n) is 2.46. The van der Waals surface area contributed by atoms with Gasteiger partial charge in [-0.3, -0.25) is 4.79 Å². The fraction of sp³-hybridized carbons (Fsp3) is 0.211. The summed E-state index contributed by atoms with van der Waals surface area (Å²) < 4.78 is 20.9. The summed E-state index contributed by atoms with van der Waals surface area (Å²) in [5, 5.41) is 10.4. The third kappa shape index (κ3) is 3.52. The number of phenols is 1. The number of phenolic OH excluding ortho intramolecular Hbond substituents is 1. The van der Waals surface area contributed by atoms with Gasteiger partial charge in [0, 0.05) is 0 Å². The van der Waals surface area contributed by atoms with Gasteiger partial charge < -0.3 is 24.1 Å². The summed E-state index contributed by atoms with van der Waals surface area (Å²) in [6.45, 7) is 0. The van der Waals surface area contributed by atoms with Crippen molar-refractivity contribution in [3.8, 4) is 28.7 Å². The van der Waals surface area contributed by atoms with Crippen molar-refractivity contribution in [1.82, 2.24) is 0 Å². The molecule has 0 aliphatic heterocycles. The SMILES string of the molecule is COc1c(O)c(OC)c(C(=O)C=Cc2ccccc2)c(OC)c1OC. The Labute approximate surface area is 146 Å². The zero-order valence-corrected chi connectivity index (χ0v) is 14.5. The largest absolute Gasteiger partial charge is 0.502 e. The highest BCUT2D eigenvalue weighted by Gasteiger charge is 2.30. The predicted molar refractivity (Wildman–Crippen MR) is 94.1 cm³/mol. The van der Waals surface area contributed by atoms with Crippen molar-refractivity contribution in [1.29, 1.82) is 0 Å². The Kier molecular flexibility index (Phi) is 5.89. The molecule has 0 saturated heterocycles. The summed E-state index contributed by atoms with van der Waals surface area (Å²) in [4.78, 5) is 12.7. The van der Waals surface area contributed by atoms with Crippen LogP contribution in [0.25, 0.3) is 6.08 Å². The Morgan fingerprint density at radius 3 is 1.92 bits per heavy atom. The molecule has 0 unspecified atom stereocenters. The van der Waals surface area contributed by atoms with E-state index < -0.39 is 5.78 Å². The molecule has 25 heavy (non-hydrogen) atoms. The van der Waals surface area contributed by atoms with Crippen LogP contribution in [0.4, 0.5) is 0 Å². The third-order valence-electron chi connectivity index (χ3n) is 3.59. The Hall–Kier alpha value is -3.15. The maximum atomic E-state index is 12.7. The Morgan fingerprint density at radius 1 is 0.840 bits per heavy atom. The molecule has 0 bridgehead atoms. The average Bonchev–Trinajstić information content (AvgIpc) is 2.65. The smallest absolute Gasteiger partial charge is 0.211 e. The summed E-state index contributed by atoms with van der Waals surface area (Å²) in [5.41, 5.74) is 0.908. The lowest BCUT2D eigenvalue weighted by Crippen LogP contribution is -2.06. The normalized spacial score (nSPS) is 10.6. The minimum absolute atomic E-state index is 0.0276. The van der Waals surface area contributed by atoms with E-state index >= 15 is 0 Å². The summed E-state index contributed by atoms with van der Waals surface area (Å²) >= 11 is 0. The van der Waals surface area contributed by atoms with Crippen LogP contribution in [0, 0.1) is 0 Å². The lowest BCUT2D eigenvalue weighted by Gasteiger charge is -2.19. The molecule has 0 amide bonds. The molecule has 0 aliphatic carbocycles. The first-order valence-corrected chi connectivity index (χ1v) is 7.45. The maximum Gasteiger partial charge on any atom is 0.211 e. The van der Waals surface area contributed by atoms with Gasteiger partial charge in [-0.05, 0) is 11.6 Å². The molecule has 0 spiro atoms. The van der Waals surface area contributed by atoms with Crippen molar-refractivity contribution in [2.24, 2.45) is 0 Å². The molecule has 2 rings (SSSR count). The zero-order valence-electron chi connectivity index (χ0n) is 14.5. The fourth-order valence-corrected chi connectivity index (χ4v) is 2.46. The van der Waals surface area contributed by atoms with Gasteiger partial charge in [-0.25, -0.2) is 0 Å². The quantitative estimate of drug-likeness (QED) is 0.613. The number of ether oxygens (including phenoxy) is 4. The van der Waals surface area contributed by atoms with Crippen LogP contribution in [0.5, 0.6) is 28.7 Å². The van der Waals surface area contributed by atoms with Gasteiger partial charge >= 0.3 is 0 Å². The zero-order chi connectivity index (χ0) is 18.4. The molecule has 0 atom stereocenters. The van der Waals surface area contributed by atoms with Gasteiger partial charge in [0.05, 0.1) is 28.4 Å². The monoisotopic (exact) mass is 344 g/mol. The van der Waals surface area contributed by atoms with Crippen LogP contribution >= 0.6 is 0 Å². The topological polar surface area (TPSA) is 74.2 Å². The van der Waals surface area contributed by atoms with Gasteiger partial charge in [0.15, 0.2) is 17.3 Å². The number of rotatable bonds is 7. The van der Waals surface area contributed by atoms with Crippen LogP contribution in [0.2, 0.25) is 0 Å². The highest BCUT2D eigenvalue weighted by molar-refractivity contribution is 6.12. The molecule has 0 fully saturated rings. The number of carbonyl (C=O) groups excluding carboxylic acids is 1. The van der Waals surface area contributed by atoms with Gasteiger partial charge in [-0.1, -0.05) is 36.4 Å². The molecule has 2 aromatic rings. The molecule has 0 radical (unpaired) electrons. The first kappa shape index (κ1) is 18.2. The van der Waals surface area contributed by atoms with Crippen molar-refractivity contribution >= 4 is 11.9 Å². The Morgan fingerprint density at radius 2 is 1.40 bits per heavy atom. The molecular weight excluding hydrogens is 324 g/mol. The molecular formula is C19H20O6. The summed E-state index contributed by atoms with van der Waals surface area (Å²) in [6.07, 6.45) is 3.04. The second kappa shape index (κ2) is 8.10. The minimum Gasteiger partial charge on any atom is -0.502 e. The van der Waals surface area contributed by atoms with Gasteiger partial charge in [-0.2, -0.15) is 0 Å². The first-order chi connectivity index (χ1) is 12.1. The van der Waals surface area contributed by atoms with Gasteiger partial charge in [0.25, 0.3) is 0 Å². The molecule has 132 valence electrons. The van der Waals surface area contributed by atoms with Crippen LogP contribution in [0.15, 0.2) is 36.4 Å². The van der Waals surface area contributed by atoms with E-state index in [4.69, 9.17) is 18.9 Å². The van der Waals surface area contributed by atoms with E-state index in [1.54, 1.807) is 6.08 Å². The van der Waals surface area contributed by atoms with Crippen LogP contribution < -0.4 is 18.9 Å². The third-order valence-corrected chi connectivity index (χ3v) is 3.59. The molecule has 0 aromatic heterocycles. The number of carbonyl (C=O) groups is 1. The lowest BCUT2D eigenvalue weighted by atomic mass is 10.0. The van der Waals surface area contributed by atoms with Crippen molar-refractivity contribution in [3.05, 3.63) is 47.5 Å². The standard InChI is InChI=1S/C19H20O6/c1-22-16-14(13(20)11-10-12-8-6-5-7-9-12)17(23-2)19(25-4)18(24-3)15(16)21/h5-11,21H,1-4H3. The predicted octanol–water partition coefficient (Wildman–Crippen LogP) is 3.32. The Balaban J connectivity index is 2.60. The molecule has 1 N–H and O–H groups in total. The molecule has 0 heterocycles. The van der Waals surface area contributed by atoms with E-state index in [-0.39, 0.29) is 34.3 Å². The lowest BCUT2D eigenvalue weighted by molar-refractivity contribution is 0.104. The molecule has 0 aliphatic rings. The van der Waals surface area contributed by atoms with Crippen molar-refractivity contribution in [2.75, 3.05) is 28.4 Å². The van der Waals surface area contributed by atoms with Crippen LogP contribution in [-0.2, 0) is 0 Å². The number of methoxy groups -OCH3 is 4. The van der Waals surface area contributed by atoms with E-state index in [0.717, 1.165) is 5.56 Å². The Bertz CT molecular complexity index is 780. The minimum atomic E-state index is -0.409. The summed E-state index contributed by atoms with van der Waals surface area (Å²) in [7, 11) is 5.50. The van der Waals surface area contributed by atoms with E-state index in [0.29, 0.717) is 0 Å². The van der Waals surface area contributed by atoms with Crippen LogP contribution in [0.3, 0.4) is 0 Å². The average molecular weight is 344 g/mol. The maximum absolute atomic E-state index is 12.7. The summed E-state index contributed by atoms with van der Waals surface area (Å²) in [6, 6.07) is 9.35. The van der Waals surface area contributed by atoms with E-state index in [9.17, 15) is 9.90 Å². The van der Waals surface area contributed by atoms with Crippen LogP contribution in [-0.4, -0.2) is 39.3 Å². The number of hydrogen-bond donors (Lipinski definition) is 1. The molecule has 2 aromatic carbocycles. The van der Waals surface area contributed by atoms with Crippen molar-refractivity contribution < 1.29 is 28.8 Å². The van der Waals surface area contributed by atoms with E-state index in [2.05, 4.69) is 0 Å². The van der Waals surface area contributed by atoms with Gasteiger partial charge in [0.2, 0.25) is 17.2 Å². The van der Waals surface area contributed by atoms with Crippen molar-refractivity contribution in [2.45, 2.75) is 0 Å². The van der Waals surface area contributed by atoms with E-state index in [1.165, 1.54) is 34.5 Å². The highest BCUT2D eigenvalue weighted by atomic mass is 16.5. The van der Waals surface area contributed by atoms with Gasteiger partial charge in [0.1, 0.15) is 5.56 Å². The second-order valence-electron chi connectivity index (χ2n) is 4.96. The molecule has 6 nitrogen and oxygen atoms in total. The summed E-state index contributed by atoms with van der Waals surface area (Å²) in [5.74, 6) is -0.526. The van der Waals surface area contributed by atoms with E-state index in [1.807, 2.05) is 30.3 Å².